The molecule has 0 atom stereocenters. The van der Waals surface area contributed by atoms with Crippen molar-refractivity contribution in [1.29, 1.82) is 0 Å². The maximum absolute atomic E-state index is 12.6. The van der Waals surface area contributed by atoms with Crippen LogP contribution in [0.15, 0.2) is 18.2 Å². The molecule has 21 heavy (non-hydrogen) atoms. The lowest BCUT2D eigenvalue weighted by molar-refractivity contribution is 0.0438. The molecule has 0 spiro atoms. The minimum absolute atomic E-state index is 0.158. The molecular weight excluding hydrogens is 288 g/mol. The quantitative estimate of drug-likeness (QED) is 0.799. The second-order valence-corrected chi connectivity index (χ2v) is 6.23. The van der Waals surface area contributed by atoms with Gasteiger partial charge < -0.3 is 14.5 Å². The van der Waals surface area contributed by atoms with E-state index in [0.29, 0.717) is 12.6 Å². The average molecular weight is 309 g/mol. The summed E-state index contributed by atoms with van der Waals surface area (Å²) in [5, 5.41) is 0.773. The van der Waals surface area contributed by atoms with Crippen LogP contribution in [0.5, 0.6) is 0 Å². The molecule has 0 bridgehead atoms. The van der Waals surface area contributed by atoms with Gasteiger partial charge in [0.15, 0.2) is 0 Å². The molecule has 2 heterocycles. The Morgan fingerprint density at radius 2 is 1.95 bits per heavy atom. The highest BCUT2D eigenvalue weighted by Gasteiger charge is 2.28. The lowest BCUT2D eigenvalue weighted by Gasteiger charge is -2.37. The van der Waals surface area contributed by atoms with Crippen molar-refractivity contribution in [2.45, 2.75) is 31.9 Å². The van der Waals surface area contributed by atoms with Gasteiger partial charge in [0.1, 0.15) is 0 Å². The zero-order chi connectivity index (χ0) is 14.8. The Hall–Kier alpha value is -1.26. The van der Waals surface area contributed by atoms with Crippen molar-refractivity contribution in [3.63, 3.8) is 0 Å². The molecule has 114 valence electrons. The van der Waals surface area contributed by atoms with Crippen LogP contribution in [0.1, 0.15) is 24.0 Å². The Kier molecular flexibility index (Phi) is 4.36. The summed E-state index contributed by atoms with van der Waals surface area (Å²) < 4.78 is 5.36. The molecule has 1 aromatic carbocycles. The molecule has 2 amide bonds. The number of carbonyl (C=O) groups is 1. The number of benzene rings is 1. The van der Waals surface area contributed by atoms with Gasteiger partial charge in [0.2, 0.25) is 0 Å². The zero-order valence-electron chi connectivity index (χ0n) is 12.3. The van der Waals surface area contributed by atoms with Gasteiger partial charge in [-0.1, -0.05) is 17.7 Å². The van der Waals surface area contributed by atoms with Crippen molar-refractivity contribution in [2.24, 2.45) is 0 Å². The largest absolute Gasteiger partial charge is 0.381 e. The van der Waals surface area contributed by atoms with Gasteiger partial charge in [-0.05, 0) is 42.5 Å². The van der Waals surface area contributed by atoms with Gasteiger partial charge in [-0.15, -0.1) is 0 Å². The Bertz CT molecular complexity index is 527. The topological polar surface area (TPSA) is 32.8 Å². The number of urea groups is 1. The first-order chi connectivity index (χ1) is 10.2. The normalized spacial score (nSPS) is 19.5. The summed E-state index contributed by atoms with van der Waals surface area (Å²) in [6, 6.07) is 6.11. The maximum atomic E-state index is 12.6. The minimum atomic E-state index is 0.158. The molecule has 2 aliphatic rings. The SMILES string of the molecule is COC1CCN(C(=O)N2CCc3cc(Cl)ccc3C2)CC1. The Labute approximate surface area is 130 Å². The number of halogens is 1. The molecule has 1 aromatic rings. The fraction of sp³-hybridized carbons (Fsp3) is 0.562. The second-order valence-electron chi connectivity index (χ2n) is 5.79. The standard InChI is InChI=1S/C16H21ClN2O2/c1-21-15-5-8-18(9-6-15)16(20)19-7-4-12-10-14(17)3-2-13(12)11-19/h2-3,10,15H,4-9,11H2,1H3. The van der Waals surface area contributed by atoms with E-state index in [1.807, 2.05) is 28.0 Å². The van der Waals surface area contributed by atoms with Crippen molar-refractivity contribution in [3.8, 4) is 0 Å². The summed E-state index contributed by atoms with van der Waals surface area (Å²) in [4.78, 5) is 16.5. The third-order valence-electron chi connectivity index (χ3n) is 4.50. The van der Waals surface area contributed by atoms with E-state index in [2.05, 4.69) is 0 Å². The molecule has 2 aliphatic heterocycles. The summed E-state index contributed by atoms with van der Waals surface area (Å²) in [6.07, 6.45) is 3.05. The van der Waals surface area contributed by atoms with E-state index in [1.54, 1.807) is 7.11 Å². The van der Waals surface area contributed by atoms with E-state index in [1.165, 1.54) is 11.1 Å². The van der Waals surface area contributed by atoms with Crippen LogP contribution in [0.4, 0.5) is 4.79 Å². The average Bonchev–Trinajstić information content (AvgIpc) is 2.53. The monoisotopic (exact) mass is 308 g/mol. The summed E-state index contributed by atoms with van der Waals surface area (Å²) in [7, 11) is 1.74. The van der Waals surface area contributed by atoms with Crippen LogP contribution in [-0.2, 0) is 17.7 Å². The molecule has 0 N–H and O–H groups in total. The molecule has 0 radical (unpaired) electrons. The third kappa shape index (κ3) is 3.16. The molecule has 0 unspecified atom stereocenters. The van der Waals surface area contributed by atoms with E-state index >= 15 is 0 Å². The number of carbonyl (C=O) groups excluding carboxylic acids is 1. The lowest BCUT2D eigenvalue weighted by atomic mass is 10.00. The van der Waals surface area contributed by atoms with Crippen LogP contribution in [-0.4, -0.2) is 48.7 Å². The Morgan fingerprint density at radius 1 is 1.19 bits per heavy atom. The van der Waals surface area contributed by atoms with E-state index in [0.717, 1.165) is 43.9 Å². The lowest BCUT2D eigenvalue weighted by Crippen LogP contribution is -2.49. The van der Waals surface area contributed by atoms with Crippen LogP contribution in [0, 0.1) is 0 Å². The van der Waals surface area contributed by atoms with E-state index in [-0.39, 0.29) is 6.03 Å². The van der Waals surface area contributed by atoms with Crippen molar-refractivity contribution >= 4 is 17.6 Å². The Morgan fingerprint density at radius 3 is 2.67 bits per heavy atom. The molecular formula is C16H21ClN2O2. The molecule has 3 rings (SSSR count). The van der Waals surface area contributed by atoms with Crippen molar-refractivity contribution in [2.75, 3.05) is 26.7 Å². The number of amides is 2. The van der Waals surface area contributed by atoms with Crippen LogP contribution in [0.25, 0.3) is 0 Å². The summed E-state index contributed by atoms with van der Waals surface area (Å²) >= 11 is 6.02. The van der Waals surface area contributed by atoms with Gasteiger partial charge in [0.05, 0.1) is 6.10 Å². The molecule has 1 fully saturated rings. The maximum Gasteiger partial charge on any atom is 0.320 e. The van der Waals surface area contributed by atoms with Gasteiger partial charge in [-0.2, -0.15) is 0 Å². The van der Waals surface area contributed by atoms with Crippen molar-refractivity contribution < 1.29 is 9.53 Å². The predicted octanol–water partition coefficient (Wildman–Crippen LogP) is 2.93. The summed E-state index contributed by atoms with van der Waals surface area (Å²) in [5.41, 5.74) is 2.48. The van der Waals surface area contributed by atoms with E-state index in [4.69, 9.17) is 16.3 Å². The first-order valence-electron chi connectivity index (χ1n) is 7.51. The molecule has 1 saturated heterocycles. The van der Waals surface area contributed by atoms with Gasteiger partial charge in [0, 0.05) is 38.3 Å². The van der Waals surface area contributed by atoms with Gasteiger partial charge in [-0.3, -0.25) is 0 Å². The van der Waals surface area contributed by atoms with E-state index in [9.17, 15) is 4.79 Å². The minimum Gasteiger partial charge on any atom is -0.381 e. The van der Waals surface area contributed by atoms with Crippen LogP contribution < -0.4 is 0 Å². The number of rotatable bonds is 1. The second kappa shape index (κ2) is 6.24. The first-order valence-corrected chi connectivity index (χ1v) is 7.89. The number of piperidine rings is 1. The van der Waals surface area contributed by atoms with E-state index < -0.39 is 0 Å². The fourth-order valence-electron chi connectivity index (χ4n) is 3.17. The number of hydrogen-bond acceptors (Lipinski definition) is 2. The summed E-state index contributed by atoms with van der Waals surface area (Å²) in [5.74, 6) is 0. The predicted molar refractivity (Wildman–Crippen MR) is 82.6 cm³/mol. The molecule has 4 nitrogen and oxygen atoms in total. The highest BCUT2D eigenvalue weighted by molar-refractivity contribution is 6.30. The number of methoxy groups -OCH3 is 1. The van der Waals surface area contributed by atoms with Crippen molar-refractivity contribution in [3.05, 3.63) is 34.3 Å². The van der Waals surface area contributed by atoms with Crippen LogP contribution in [0.2, 0.25) is 5.02 Å². The number of nitrogens with zero attached hydrogens (tertiary/aromatic N) is 2. The number of hydrogen-bond donors (Lipinski definition) is 0. The highest BCUT2D eigenvalue weighted by atomic mass is 35.5. The zero-order valence-corrected chi connectivity index (χ0v) is 13.1. The molecule has 5 heteroatoms. The molecule has 0 aliphatic carbocycles. The van der Waals surface area contributed by atoms with Crippen molar-refractivity contribution in [1.82, 2.24) is 9.80 Å². The smallest absolute Gasteiger partial charge is 0.320 e. The van der Waals surface area contributed by atoms with Gasteiger partial charge >= 0.3 is 6.03 Å². The first kappa shape index (κ1) is 14.7. The number of likely N-dealkylation sites (tertiary alicyclic amines) is 1. The van der Waals surface area contributed by atoms with Crippen LogP contribution >= 0.6 is 11.6 Å². The van der Waals surface area contributed by atoms with Crippen LogP contribution in [0.3, 0.4) is 0 Å². The Balaban J connectivity index is 1.63. The van der Waals surface area contributed by atoms with Gasteiger partial charge in [0.25, 0.3) is 0 Å². The fourth-order valence-corrected chi connectivity index (χ4v) is 3.36. The van der Waals surface area contributed by atoms with Gasteiger partial charge in [-0.25, -0.2) is 4.79 Å². The molecule has 0 saturated carbocycles. The number of fused-ring (bicyclic) bond motifs is 1. The summed E-state index contributed by atoms with van der Waals surface area (Å²) in [6.45, 7) is 3.05. The number of ether oxygens (including phenoxy) is 1. The highest BCUT2D eigenvalue weighted by Crippen LogP contribution is 2.24. The molecule has 0 aromatic heterocycles. The third-order valence-corrected chi connectivity index (χ3v) is 4.73.